The Hall–Kier alpha value is -1.73. The van der Waals surface area contributed by atoms with Crippen LogP contribution >= 0.6 is 11.8 Å². The molecule has 0 aliphatic carbocycles. The summed E-state index contributed by atoms with van der Waals surface area (Å²) in [6.07, 6.45) is 0. The molecule has 21 heavy (non-hydrogen) atoms. The van der Waals surface area contributed by atoms with Crippen LogP contribution in [0.3, 0.4) is 0 Å². The van der Waals surface area contributed by atoms with Crippen LogP contribution in [-0.2, 0) is 9.53 Å². The van der Waals surface area contributed by atoms with Crippen molar-refractivity contribution in [1.82, 2.24) is 0 Å². The van der Waals surface area contributed by atoms with Gasteiger partial charge in [0.25, 0.3) is 0 Å². The molecule has 114 valence electrons. The molecule has 2 N–H and O–H groups in total. The van der Waals surface area contributed by atoms with Crippen LogP contribution in [0.1, 0.15) is 12.5 Å². The van der Waals surface area contributed by atoms with Crippen LogP contribution in [0.25, 0.3) is 0 Å². The smallest absolute Gasteiger partial charge is 0.332 e. The maximum atomic E-state index is 11.3. The number of hydrogen-bond donors (Lipinski definition) is 2. The van der Waals surface area contributed by atoms with Crippen LogP contribution in [0.2, 0.25) is 0 Å². The Bertz CT molecular complexity index is 574. The van der Waals surface area contributed by atoms with Crippen molar-refractivity contribution in [1.29, 1.82) is 0 Å². The molecule has 0 aromatic heterocycles. The molecule has 1 heterocycles. The van der Waals surface area contributed by atoms with E-state index in [1.54, 1.807) is 26.2 Å². The van der Waals surface area contributed by atoms with Gasteiger partial charge in [0, 0.05) is 12.9 Å². The van der Waals surface area contributed by atoms with Crippen LogP contribution in [0.4, 0.5) is 0 Å². The number of carboxylic acid groups (broad SMARTS) is 1. The summed E-state index contributed by atoms with van der Waals surface area (Å²) in [5.41, 5.74) is -0.741. The highest BCUT2D eigenvalue weighted by atomic mass is 32.2. The molecular weight excluding hydrogens is 294 g/mol. The molecule has 1 aliphatic heterocycles. The van der Waals surface area contributed by atoms with Gasteiger partial charge in [-0.3, -0.25) is 4.99 Å². The first kappa shape index (κ1) is 15.7. The van der Waals surface area contributed by atoms with Crippen molar-refractivity contribution in [3.05, 3.63) is 23.8 Å². The highest BCUT2D eigenvalue weighted by molar-refractivity contribution is 8.14. The summed E-state index contributed by atoms with van der Waals surface area (Å²) in [6.45, 7) is 2.31. The zero-order valence-corrected chi connectivity index (χ0v) is 12.6. The monoisotopic (exact) mass is 311 g/mol. The van der Waals surface area contributed by atoms with Crippen molar-refractivity contribution in [2.24, 2.45) is 4.99 Å². The molecule has 1 atom stereocenters. The molecule has 1 aliphatic rings. The number of hydrogen-bond acceptors (Lipinski definition) is 6. The number of thioether (sulfide) groups is 1. The van der Waals surface area contributed by atoms with E-state index in [0.717, 1.165) is 0 Å². The Labute approximate surface area is 126 Å². The van der Waals surface area contributed by atoms with Crippen molar-refractivity contribution in [3.8, 4) is 11.5 Å². The molecular formula is C14H17NO5S. The van der Waals surface area contributed by atoms with E-state index in [-0.39, 0.29) is 5.75 Å². The summed E-state index contributed by atoms with van der Waals surface area (Å²) in [7, 11) is 1.57. The number of ether oxygens (including phenoxy) is 2. The normalized spacial score (nSPS) is 21.1. The predicted molar refractivity (Wildman–Crippen MR) is 80.5 cm³/mol. The second kappa shape index (κ2) is 6.36. The quantitative estimate of drug-likeness (QED) is 0.778. The lowest BCUT2D eigenvalue weighted by molar-refractivity contribution is -0.141. The number of aliphatic carboxylic acids is 1. The Morgan fingerprint density at radius 2 is 2.24 bits per heavy atom. The van der Waals surface area contributed by atoms with Gasteiger partial charge in [-0.05, 0) is 19.1 Å². The van der Waals surface area contributed by atoms with Gasteiger partial charge in [-0.15, -0.1) is 11.8 Å². The average Bonchev–Trinajstić information content (AvgIpc) is 2.83. The number of aliphatic imine (C=N–C) groups is 1. The van der Waals surface area contributed by atoms with Crippen LogP contribution in [-0.4, -0.2) is 52.8 Å². The van der Waals surface area contributed by atoms with Gasteiger partial charge in [-0.25, -0.2) is 4.79 Å². The topological polar surface area (TPSA) is 88.4 Å². The Morgan fingerprint density at radius 3 is 2.86 bits per heavy atom. The first-order valence-electron chi connectivity index (χ1n) is 6.38. The van der Waals surface area contributed by atoms with Crippen LogP contribution in [0, 0.1) is 0 Å². The summed E-state index contributed by atoms with van der Waals surface area (Å²) >= 11 is 1.30. The second-order valence-electron chi connectivity index (χ2n) is 4.78. The number of carboxylic acids is 1. The van der Waals surface area contributed by atoms with Crippen molar-refractivity contribution in [3.63, 3.8) is 0 Å². The number of carbonyl (C=O) groups is 1. The molecule has 0 bridgehead atoms. The first-order chi connectivity index (χ1) is 9.98. The van der Waals surface area contributed by atoms with Crippen molar-refractivity contribution in [2.75, 3.05) is 26.1 Å². The minimum Gasteiger partial charge on any atom is -0.507 e. The lowest BCUT2D eigenvalue weighted by Gasteiger charge is -2.13. The summed E-state index contributed by atoms with van der Waals surface area (Å²) in [5, 5.41) is 19.8. The number of methoxy groups -OCH3 is 1. The van der Waals surface area contributed by atoms with Gasteiger partial charge in [0.2, 0.25) is 0 Å². The van der Waals surface area contributed by atoms with Gasteiger partial charge in [0.15, 0.2) is 5.54 Å². The van der Waals surface area contributed by atoms with E-state index in [0.29, 0.717) is 35.3 Å². The Balaban J connectivity index is 2.33. The van der Waals surface area contributed by atoms with Gasteiger partial charge >= 0.3 is 5.97 Å². The SMILES string of the molecule is COCCOc1cccc(O)c1C1=N[C@@](C)(C(=O)O)CS1. The Morgan fingerprint density at radius 1 is 1.48 bits per heavy atom. The fraction of sp³-hybridized carbons (Fsp3) is 0.429. The van der Waals surface area contributed by atoms with E-state index < -0.39 is 11.5 Å². The van der Waals surface area contributed by atoms with E-state index in [1.165, 1.54) is 17.8 Å². The summed E-state index contributed by atoms with van der Waals surface area (Å²) < 4.78 is 10.5. The van der Waals surface area contributed by atoms with Gasteiger partial charge in [0.05, 0.1) is 12.2 Å². The van der Waals surface area contributed by atoms with Gasteiger partial charge in [0.1, 0.15) is 23.1 Å². The molecule has 1 aromatic carbocycles. The zero-order chi connectivity index (χ0) is 15.5. The predicted octanol–water partition coefficient (Wildman–Crippen LogP) is 1.75. The molecule has 7 heteroatoms. The van der Waals surface area contributed by atoms with Gasteiger partial charge in [-0.1, -0.05) is 6.07 Å². The number of nitrogens with zero attached hydrogens (tertiary/aromatic N) is 1. The molecule has 0 amide bonds. The fourth-order valence-corrected chi connectivity index (χ4v) is 3.05. The maximum Gasteiger partial charge on any atom is 0.332 e. The van der Waals surface area contributed by atoms with E-state index >= 15 is 0 Å². The van der Waals surface area contributed by atoms with Crippen molar-refractivity contribution < 1.29 is 24.5 Å². The number of phenols is 1. The van der Waals surface area contributed by atoms with E-state index in [4.69, 9.17) is 9.47 Å². The summed E-state index contributed by atoms with van der Waals surface area (Å²) in [4.78, 5) is 15.5. The molecule has 0 radical (unpaired) electrons. The molecule has 0 fully saturated rings. The average molecular weight is 311 g/mol. The molecule has 0 spiro atoms. The first-order valence-corrected chi connectivity index (χ1v) is 7.36. The van der Waals surface area contributed by atoms with E-state index in [9.17, 15) is 15.0 Å². The Kier molecular flexibility index (Phi) is 4.74. The highest BCUT2D eigenvalue weighted by Crippen LogP contribution is 2.38. The number of phenolic OH excluding ortho intramolecular Hbond substituents is 1. The second-order valence-corrected chi connectivity index (χ2v) is 5.74. The van der Waals surface area contributed by atoms with Crippen molar-refractivity contribution in [2.45, 2.75) is 12.5 Å². The number of aromatic hydroxyl groups is 1. The highest BCUT2D eigenvalue weighted by Gasteiger charge is 2.39. The van der Waals surface area contributed by atoms with Crippen LogP contribution in [0.5, 0.6) is 11.5 Å². The minimum atomic E-state index is -1.17. The van der Waals surface area contributed by atoms with Crippen molar-refractivity contribution >= 4 is 22.8 Å². The van der Waals surface area contributed by atoms with E-state index in [2.05, 4.69) is 4.99 Å². The molecule has 0 saturated carbocycles. The number of rotatable bonds is 6. The third kappa shape index (κ3) is 3.30. The van der Waals surface area contributed by atoms with Crippen LogP contribution < -0.4 is 4.74 Å². The molecule has 0 unspecified atom stereocenters. The lowest BCUT2D eigenvalue weighted by Crippen LogP contribution is -2.33. The molecule has 0 saturated heterocycles. The maximum absolute atomic E-state index is 11.3. The number of benzene rings is 1. The minimum absolute atomic E-state index is 0.0193. The largest absolute Gasteiger partial charge is 0.507 e. The lowest BCUT2D eigenvalue weighted by atomic mass is 10.1. The molecule has 6 nitrogen and oxygen atoms in total. The summed E-state index contributed by atoms with van der Waals surface area (Å²) in [6, 6.07) is 4.90. The fourth-order valence-electron chi connectivity index (χ4n) is 1.82. The third-order valence-corrected chi connectivity index (χ3v) is 4.34. The molecule has 1 aromatic rings. The summed E-state index contributed by atoms with van der Waals surface area (Å²) in [5.74, 6) is -0.176. The third-order valence-electron chi connectivity index (χ3n) is 3.06. The van der Waals surface area contributed by atoms with Gasteiger partial charge in [-0.2, -0.15) is 0 Å². The van der Waals surface area contributed by atoms with E-state index in [1.807, 2.05) is 0 Å². The van der Waals surface area contributed by atoms with Crippen LogP contribution in [0.15, 0.2) is 23.2 Å². The standard InChI is InChI=1S/C14H17NO5S/c1-14(13(17)18)8-21-12(15-14)11-9(16)4-3-5-10(11)20-7-6-19-2/h3-5,16H,6-8H2,1-2H3,(H,17,18)/t14-/m1/s1. The zero-order valence-electron chi connectivity index (χ0n) is 11.8. The molecule has 2 rings (SSSR count). The van der Waals surface area contributed by atoms with Gasteiger partial charge < -0.3 is 19.7 Å².